The SMILES string of the molecule is C/C=C\CN=C(CN1CCN(c2ccc(C(F)(F)F)cc2)CC1)N(CC)[C@@H](C)CCC.C=C.CC.CC. The molecule has 2 rings (SSSR count). The zero-order chi connectivity index (χ0) is 28.9. The lowest BCUT2D eigenvalue weighted by Gasteiger charge is -2.39. The van der Waals surface area contributed by atoms with Gasteiger partial charge in [-0.25, -0.2) is 0 Å². The van der Waals surface area contributed by atoms with Crippen LogP contribution in [-0.4, -0.2) is 67.5 Å². The summed E-state index contributed by atoms with van der Waals surface area (Å²) < 4.78 is 38.4. The highest BCUT2D eigenvalue weighted by Gasteiger charge is 2.30. The average molecular weight is 527 g/mol. The predicted molar refractivity (Wildman–Crippen MR) is 158 cm³/mol. The smallest absolute Gasteiger partial charge is 0.369 e. The monoisotopic (exact) mass is 526 g/mol. The van der Waals surface area contributed by atoms with E-state index in [1.54, 1.807) is 12.1 Å². The van der Waals surface area contributed by atoms with Gasteiger partial charge in [0.15, 0.2) is 0 Å². The number of aliphatic imine (C=N–C) groups is 1. The molecule has 1 aliphatic rings. The number of hydrogen-bond acceptors (Lipinski definition) is 3. The Morgan fingerprint density at radius 2 is 1.57 bits per heavy atom. The number of anilines is 1. The molecule has 0 amide bonds. The maximum Gasteiger partial charge on any atom is 0.416 e. The van der Waals surface area contributed by atoms with Gasteiger partial charge in [-0.05, 0) is 51.5 Å². The minimum absolute atomic E-state index is 0.452. The number of likely N-dealkylation sites (N-methyl/N-ethyl adjacent to an activating group) is 1. The number of hydrogen-bond donors (Lipinski definition) is 0. The summed E-state index contributed by atoms with van der Waals surface area (Å²) >= 11 is 0. The lowest BCUT2D eigenvalue weighted by molar-refractivity contribution is -0.137. The summed E-state index contributed by atoms with van der Waals surface area (Å²) in [5, 5.41) is 0. The highest BCUT2D eigenvalue weighted by Crippen LogP contribution is 2.30. The number of allylic oxidation sites excluding steroid dienone is 1. The minimum Gasteiger partial charge on any atom is -0.369 e. The van der Waals surface area contributed by atoms with E-state index in [0.29, 0.717) is 12.6 Å². The van der Waals surface area contributed by atoms with E-state index in [1.807, 2.05) is 40.7 Å². The van der Waals surface area contributed by atoms with Crippen molar-refractivity contribution in [2.45, 2.75) is 80.4 Å². The molecule has 7 heteroatoms. The normalized spacial score (nSPS) is 15.0. The van der Waals surface area contributed by atoms with E-state index in [4.69, 9.17) is 4.99 Å². The van der Waals surface area contributed by atoms with Crippen LogP contribution in [0.1, 0.15) is 73.8 Å². The van der Waals surface area contributed by atoms with Gasteiger partial charge in [0.25, 0.3) is 0 Å². The molecule has 1 heterocycles. The molecular formula is C30H53F3N4. The molecule has 37 heavy (non-hydrogen) atoms. The van der Waals surface area contributed by atoms with Crippen LogP contribution in [0.4, 0.5) is 18.9 Å². The first-order chi connectivity index (χ1) is 17.8. The van der Waals surface area contributed by atoms with E-state index in [-0.39, 0.29) is 0 Å². The van der Waals surface area contributed by atoms with Crippen LogP contribution < -0.4 is 4.90 Å². The molecule has 0 aromatic heterocycles. The van der Waals surface area contributed by atoms with Gasteiger partial charge in [-0.3, -0.25) is 9.89 Å². The highest BCUT2D eigenvalue weighted by molar-refractivity contribution is 5.84. The van der Waals surface area contributed by atoms with Gasteiger partial charge < -0.3 is 9.80 Å². The summed E-state index contributed by atoms with van der Waals surface area (Å²) in [4.78, 5) is 11.9. The fourth-order valence-corrected chi connectivity index (χ4v) is 4.04. The molecule has 4 nitrogen and oxygen atoms in total. The van der Waals surface area contributed by atoms with Crippen LogP contribution in [0, 0.1) is 0 Å². The van der Waals surface area contributed by atoms with Crippen LogP contribution in [-0.2, 0) is 6.18 Å². The molecule has 1 saturated heterocycles. The summed E-state index contributed by atoms with van der Waals surface area (Å²) in [7, 11) is 0. The molecule has 0 saturated carbocycles. The van der Waals surface area contributed by atoms with Crippen molar-refractivity contribution in [1.29, 1.82) is 0 Å². The van der Waals surface area contributed by atoms with Gasteiger partial charge in [0.2, 0.25) is 0 Å². The third-order valence-electron chi connectivity index (χ3n) is 5.82. The number of piperazine rings is 1. The topological polar surface area (TPSA) is 22.1 Å². The van der Waals surface area contributed by atoms with Gasteiger partial charge in [-0.2, -0.15) is 13.2 Å². The second kappa shape index (κ2) is 21.8. The van der Waals surface area contributed by atoms with E-state index in [0.717, 1.165) is 63.6 Å². The number of benzene rings is 1. The Morgan fingerprint density at radius 1 is 1.03 bits per heavy atom. The van der Waals surface area contributed by atoms with Crippen LogP contribution >= 0.6 is 0 Å². The Kier molecular flexibility index (Phi) is 21.7. The Morgan fingerprint density at radius 3 is 2.00 bits per heavy atom. The molecule has 1 aromatic rings. The Hall–Kier alpha value is -2.28. The molecule has 1 fully saturated rings. The Bertz CT molecular complexity index is 721. The predicted octanol–water partition coefficient (Wildman–Crippen LogP) is 8.17. The lowest BCUT2D eigenvalue weighted by atomic mass is 10.1. The molecule has 1 atom stereocenters. The summed E-state index contributed by atoms with van der Waals surface area (Å²) in [6, 6.07) is 5.94. The maximum absolute atomic E-state index is 12.8. The van der Waals surface area contributed by atoms with Crippen LogP contribution in [0.3, 0.4) is 0 Å². The lowest BCUT2D eigenvalue weighted by Crippen LogP contribution is -2.51. The van der Waals surface area contributed by atoms with Crippen molar-refractivity contribution in [3.8, 4) is 0 Å². The third kappa shape index (κ3) is 13.7. The first-order valence-electron chi connectivity index (χ1n) is 13.9. The Balaban J connectivity index is 0. The van der Waals surface area contributed by atoms with E-state index >= 15 is 0 Å². The molecule has 0 N–H and O–H groups in total. The second-order valence-electron chi connectivity index (χ2n) is 8.06. The summed E-state index contributed by atoms with van der Waals surface area (Å²) in [6.45, 7) is 28.4. The molecule has 1 aromatic carbocycles. The van der Waals surface area contributed by atoms with Crippen LogP contribution in [0.25, 0.3) is 0 Å². The molecule has 0 radical (unpaired) electrons. The number of nitrogens with zero attached hydrogens (tertiary/aromatic N) is 4. The largest absolute Gasteiger partial charge is 0.416 e. The number of amidine groups is 1. The quantitative estimate of drug-likeness (QED) is 0.184. The fraction of sp³-hybridized carbons (Fsp3) is 0.633. The average Bonchev–Trinajstić information content (AvgIpc) is 2.93. The number of halogens is 3. The van der Waals surface area contributed by atoms with Gasteiger partial charge >= 0.3 is 6.18 Å². The van der Waals surface area contributed by atoms with E-state index in [1.165, 1.54) is 12.1 Å². The van der Waals surface area contributed by atoms with Gasteiger partial charge in [0, 0.05) is 44.5 Å². The molecule has 214 valence electrons. The van der Waals surface area contributed by atoms with Crippen molar-refractivity contribution in [3.63, 3.8) is 0 Å². The van der Waals surface area contributed by atoms with E-state index < -0.39 is 11.7 Å². The molecular weight excluding hydrogens is 473 g/mol. The summed E-state index contributed by atoms with van der Waals surface area (Å²) in [6.07, 6.45) is 2.08. The van der Waals surface area contributed by atoms with E-state index in [9.17, 15) is 13.2 Å². The highest BCUT2D eigenvalue weighted by atomic mass is 19.4. The van der Waals surface area contributed by atoms with Crippen molar-refractivity contribution < 1.29 is 13.2 Å². The van der Waals surface area contributed by atoms with Gasteiger partial charge in [-0.1, -0.05) is 53.2 Å². The van der Waals surface area contributed by atoms with Crippen LogP contribution in [0.15, 0.2) is 54.6 Å². The van der Waals surface area contributed by atoms with Crippen LogP contribution in [0.2, 0.25) is 0 Å². The first-order valence-corrected chi connectivity index (χ1v) is 13.9. The number of rotatable bonds is 9. The zero-order valence-electron chi connectivity index (χ0n) is 24.7. The Labute approximate surface area is 225 Å². The van der Waals surface area contributed by atoms with Crippen molar-refractivity contribution in [3.05, 3.63) is 55.1 Å². The standard InChI is InChI=1S/C24H37F3N4.2C2H6.C2H4/c1-5-8-14-28-23(31(7-3)20(4)9-6-2)19-29-15-17-30(18-16-29)22-12-10-21(11-13-22)24(25,26)27;3*1-2/h5,8,10-13,20H,6-7,9,14-19H2,1-4H3;2*1-2H3;1-2H2/b8-5-,28-23?;;;/t20-;;;/m0.../s1. The first kappa shape index (κ1) is 36.9. The van der Waals surface area contributed by atoms with Crippen molar-refractivity contribution in [1.82, 2.24) is 9.80 Å². The van der Waals surface area contributed by atoms with Crippen molar-refractivity contribution >= 4 is 11.5 Å². The molecule has 0 bridgehead atoms. The third-order valence-corrected chi connectivity index (χ3v) is 5.82. The fourth-order valence-electron chi connectivity index (χ4n) is 4.04. The second-order valence-corrected chi connectivity index (χ2v) is 8.06. The molecule has 0 unspecified atom stereocenters. The summed E-state index contributed by atoms with van der Waals surface area (Å²) in [5.41, 5.74) is 0.249. The van der Waals surface area contributed by atoms with Gasteiger partial charge in [-0.15, -0.1) is 13.2 Å². The number of alkyl halides is 3. The van der Waals surface area contributed by atoms with Crippen molar-refractivity contribution in [2.24, 2.45) is 4.99 Å². The van der Waals surface area contributed by atoms with Gasteiger partial charge in [0.05, 0.1) is 18.7 Å². The molecule has 0 aliphatic carbocycles. The van der Waals surface area contributed by atoms with Crippen molar-refractivity contribution in [2.75, 3.05) is 50.7 Å². The minimum atomic E-state index is -4.29. The van der Waals surface area contributed by atoms with Gasteiger partial charge in [0.1, 0.15) is 5.84 Å². The van der Waals surface area contributed by atoms with Crippen LogP contribution in [0.5, 0.6) is 0 Å². The molecule has 0 spiro atoms. The molecule has 1 aliphatic heterocycles. The zero-order valence-corrected chi connectivity index (χ0v) is 24.7. The van der Waals surface area contributed by atoms with E-state index in [2.05, 4.69) is 54.7 Å². The summed E-state index contributed by atoms with van der Waals surface area (Å²) in [5.74, 6) is 1.13. The maximum atomic E-state index is 12.8.